The zero-order valence-corrected chi connectivity index (χ0v) is 18.7. The monoisotopic (exact) mass is 489 g/mol. The molecule has 0 bridgehead atoms. The van der Waals surface area contributed by atoms with Crippen LogP contribution >= 0.6 is 24.0 Å². The molecule has 3 rings (SSSR count). The second kappa shape index (κ2) is 11.1. The number of hydrogen-bond acceptors (Lipinski definition) is 4. The number of hydrogen-bond donors (Lipinski definition) is 1. The van der Waals surface area contributed by atoms with Crippen LogP contribution in [0.5, 0.6) is 5.75 Å². The number of guanidine groups is 1. The van der Waals surface area contributed by atoms with Crippen molar-refractivity contribution in [1.29, 1.82) is 0 Å². The molecule has 1 N–H and O–H groups in total. The van der Waals surface area contributed by atoms with E-state index in [-0.39, 0.29) is 24.0 Å². The van der Waals surface area contributed by atoms with E-state index in [1.807, 2.05) is 19.2 Å². The molecule has 1 aromatic carbocycles. The summed E-state index contributed by atoms with van der Waals surface area (Å²) < 4.78 is 16.5. The predicted octanol–water partition coefficient (Wildman–Crippen LogP) is 2.91. The van der Waals surface area contributed by atoms with Crippen LogP contribution in [-0.2, 0) is 16.0 Å². The second-order valence-corrected chi connectivity index (χ2v) is 7.22. The molecule has 1 unspecified atom stereocenters. The van der Waals surface area contributed by atoms with E-state index in [1.165, 1.54) is 18.4 Å². The Morgan fingerprint density at radius 3 is 2.96 bits per heavy atom. The maximum Gasteiger partial charge on any atom is 0.193 e. The van der Waals surface area contributed by atoms with Crippen molar-refractivity contribution in [1.82, 2.24) is 10.2 Å². The van der Waals surface area contributed by atoms with Crippen molar-refractivity contribution < 1.29 is 14.2 Å². The van der Waals surface area contributed by atoms with Gasteiger partial charge in [-0.05, 0) is 30.5 Å². The van der Waals surface area contributed by atoms with Gasteiger partial charge < -0.3 is 24.4 Å². The van der Waals surface area contributed by atoms with E-state index in [1.54, 1.807) is 7.11 Å². The Morgan fingerprint density at radius 1 is 1.33 bits per heavy atom. The van der Waals surface area contributed by atoms with Gasteiger partial charge in [-0.15, -0.1) is 24.0 Å². The van der Waals surface area contributed by atoms with Gasteiger partial charge in [0.2, 0.25) is 0 Å². The van der Waals surface area contributed by atoms with E-state index in [4.69, 9.17) is 14.2 Å². The van der Waals surface area contributed by atoms with Gasteiger partial charge in [0.05, 0.1) is 13.2 Å². The van der Waals surface area contributed by atoms with E-state index in [0.717, 1.165) is 57.6 Å². The first-order chi connectivity index (χ1) is 12.7. The molecule has 2 aliphatic rings. The summed E-state index contributed by atoms with van der Waals surface area (Å²) in [7, 11) is 3.56. The van der Waals surface area contributed by atoms with Gasteiger partial charge >= 0.3 is 0 Å². The summed E-state index contributed by atoms with van der Waals surface area (Å²) in [6, 6.07) is 8.23. The first kappa shape index (κ1) is 22.2. The van der Waals surface area contributed by atoms with Crippen molar-refractivity contribution in [2.75, 3.05) is 53.7 Å². The molecular formula is C20H32IN3O3. The molecule has 2 saturated heterocycles. The molecule has 152 valence electrons. The Morgan fingerprint density at radius 2 is 2.22 bits per heavy atom. The number of halogens is 1. The van der Waals surface area contributed by atoms with Crippen LogP contribution in [0.2, 0.25) is 0 Å². The van der Waals surface area contributed by atoms with Crippen LogP contribution in [0.1, 0.15) is 24.8 Å². The third kappa shape index (κ3) is 6.22. The zero-order chi connectivity index (χ0) is 18.2. The summed E-state index contributed by atoms with van der Waals surface area (Å²) in [6.07, 6.45) is 3.26. The number of methoxy groups -OCH3 is 1. The van der Waals surface area contributed by atoms with Gasteiger partial charge in [0.1, 0.15) is 5.75 Å². The van der Waals surface area contributed by atoms with E-state index >= 15 is 0 Å². The fourth-order valence-electron chi connectivity index (χ4n) is 3.74. The van der Waals surface area contributed by atoms with E-state index in [9.17, 15) is 0 Å². The van der Waals surface area contributed by atoms with Crippen LogP contribution in [0.3, 0.4) is 0 Å². The standard InChI is InChI=1S/C20H31N3O3.HI/c1-21-19(23-9-7-20(15-23)8-12-25-16-20)22-14-17-5-3-6-18(13-17)26-11-4-10-24-2;/h3,5-6,13H,4,7-12,14-16H2,1-2H3,(H,21,22);1H. The summed E-state index contributed by atoms with van der Waals surface area (Å²) in [5, 5.41) is 3.50. The van der Waals surface area contributed by atoms with Gasteiger partial charge in [0, 0.05) is 58.8 Å². The molecule has 6 nitrogen and oxygen atoms in total. The number of aliphatic imine (C=N–C) groups is 1. The smallest absolute Gasteiger partial charge is 0.193 e. The van der Waals surface area contributed by atoms with Gasteiger partial charge in [0.25, 0.3) is 0 Å². The highest BCUT2D eigenvalue weighted by atomic mass is 127. The van der Waals surface area contributed by atoms with Gasteiger partial charge in [0.15, 0.2) is 5.96 Å². The van der Waals surface area contributed by atoms with Crippen LogP contribution in [0, 0.1) is 5.41 Å². The summed E-state index contributed by atoms with van der Waals surface area (Å²) in [5.74, 6) is 1.87. The summed E-state index contributed by atoms with van der Waals surface area (Å²) in [5.41, 5.74) is 1.53. The molecule has 7 heteroatoms. The predicted molar refractivity (Wildman–Crippen MR) is 118 cm³/mol. The molecule has 1 atom stereocenters. The van der Waals surface area contributed by atoms with Gasteiger partial charge in [-0.25, -0.2) is 0 Å². The van der Waals surface area contributed by atoms with Crippen molar-refractivity contribution >= 4 is 29.9 Å². The fraction of sp³-hybridized carbons (Fsp3) is 0.650. The van der Waals surface area contributed by atoms with Crippen molar-refractivity contribution in [2.45, 2.75) is 25.8 Å². The Labute approximate surface area is 179 Å². The third-order valence-electron chi connectivity index (χ3n) is 5.25. The number of rotatable bonds is 7. The van der Waals surface area contributed by atoms with E-state index in [0.29, 0.717) is 12.0 Å². The maximum absolute atomic E-state index is 5.78. The lowest BCUT2D eigenvalue weighted by atomic mass is 9.87. The van der Waals surface area contributed by atoms with Crippen molar-refractivity contribution in [2.24, 2.45) is 10.4 Å². The summed E-state index contributed by atoms with van der Waals surface area (Å²) in [4.78, 5) is 6.84. The molecule has 0 aromatic heterocycles. The largest absolute Gasteiger partial charge is 0.493 e. The second-order valence-electron chi connectivity index (χ2n) is 7.22. The first-order valence-corrected chi connectivity index (χ1v) is 9.49. The topological polar surface area (TPSA) is 55.3 Å². The Balaban J connectivity index is 0.00000261. The third-order valence-corrected chi connectivity index (χ3v) is 5.25. The molecule has 0 amide bonds. The van der Waals surface area contributed by atoms with Crippen molar-refractivity contribution in [3.63, 3.8) is 0 Å². The minimum absolute atomic E-state index is 0. The molecule has 1 spiro atoms. The number of ether oxygens (including phenoxy) is 3. The van der Waals surface area contributed by atoms with Crippen LogP contribution in [0.25, 0.3) is 0 Å². The molecule has 2 fully saturated rings. The highest BCUT2D eigenvalue weighted by Crippen LogP contribution is 2.38. The minimum atomic E-state index is 0. The average Bonchev–Trinajstić information content (AvgIpc) is 3.30. The number of nitrogens with zero attached hydrogens (tertiary/aromatic N) is 2. The van der Waals surface area contributed by atoms with Crippen LogP contribution < -0.4 is 10.1 Å². The van der Waals surface area contributed by atoms with E-state index in [2.05, 4.69) is 27.3 Å². The lowest BCUT2D eigenvalue weighted by Crippen LogP contribution is -2.41. The maximum atomic E-state index is 5.78. The average molecular weight is 489 g/mol. The lowest BCUT2D eigenvalue weighted by molar-refractivity contribution is 0.156. The zero-order valence-electron chi connectivity index (χ0n) is 16.4. The molecule has 2 aliphatic heterocycles. The fourth-order valence-corrected chi connectivity index (χ4v) is 3.74. The lowest BCUT2D eigenvalue weighted by Gasteiger charge is -2.25. The van der Waals surface area contributed by atoms with Crippen LogP contribution in [0.15, 0.2) is 29.3 Å². The summed E-state index contributed by atoms with van der Waals surface area (Å²) in [6.45, 7) is 6.01. The van der Waals surface area contributed by atoms with Crippen LogP contribution in [0.4, 0.5) is 0 Å². The van der Waals surface area contributed by atoms with Crippen molar-refractivity contribution in [3.8, 4) is 5.75 Å². The van der Waals surface area contributed by atoms with Gasteiger partial charge in [-0.3, -0.25) is 4.99 Å². The highest BCUT2D eigenvalue weighted by molar-refractivity contribution is 14.0. The molecule has 0 radical (unpaired) electrons. The molecule has 0 aliphatic carbocycles. The number of likely N-dealkylation sites (tertiary alicyclic amines) is 1. The summed E-state index contributed by atoms with van der Waals surface area (Å²) >= 11 is 0. The SMILES string of the molecule is CN=C(NCc1cccc(OCCCOC)c1)N1CCC2(CCOC2)C1.I. The molecule has 27 heavy (non-hydrogen) atoms. The van der Waals surface area contributed by atoms with Gasteiger partial charge in [-0.1, -0.05) is 12.1 Å². The quantitative estimate of drug-likeness (QED) is 0.276. The molecule has 2 heterocycles. The molecule has 1 aromatic rings. The minimum Gasteiger partial charge on any atom is -0.493 e. The Bertz CT molecular complexity index is 606. The Kier molecular flexibility index (Phi) is 9.11. The van der Waals surface area contributed by atoms with Crippen molar-refractivity contribution in [3.05, 3.63) is 29.8 Å². The number of benzene rings is 1. The molecule has 0 saturated carbocycles. The first-order valence-electron chi connectivity index (χ1n) is 9.49. The number of nitrogens with one attached hydrogen (secondary N) is 1. The molecular weight excluding hydrogens is 457 g/mol. The Hall–Kier alpha value is -1.06. The van der Waals surface area contributed by atoms with Gasteiger partial charge in [-0.2, -0.15) is 0 Å². The van der Waals surface area contributed by atoms with Crippen LogP contribution in [-0.4, -0.2) is 64.5 Å². The van der Waals surface area contributed by atoms with E-state index < -0.39 is 0 Å². The highest BCUT2D eigenvalue weighted by Gasteiger charge is 2.42. The normalized spacial score (nSPS) is 22.1.